The van der Waals surface area contributed by atoms with E-state index in [-0.39, 0.29) is 0 Å². The number of nitrogens with zero attached hydrogens (tertiary/aromatic N) is 2. The average Bonchev–Trinajstić information content (AvgIpc) is 2.63. The van der Waals surface area contributed by atoms with Crippen molar-refractivity contribution in [2.45, 2.75) is 13.8 Å². The van der Waals surface area contributed by atoms with Crippen LogP contribution in [0.2, 0.25) is 0 Å². The standard InChI is InChI=1S/C7H8N2S.C2Cl4S/c1-6(10)4-7-2-3-8-5-9-7;3-1(4)2(5,6)7-1/h2-3,5,10H,1,4H2;. The highest BCUT2D eigenvalue weighted by Crippen LogP contribution is 2.74. The maximum atomic E-state index is 5.40. The lowest BCUT2D eigenvalue weighted by atomic mass is 10.3. The topological polar surface area (TPSA) is 25.8 Å². The van der Waals surface area contributed by atoms with Gasteiger partial charge in [-0.2, -0.15) is 0 Å². The van der Waals surface area contributed by atoms with Gasteiger partial charge in [-0.1, -0.05) is 64.7 Å². The summed E-state index contributed by atoms with van der Waals surface area (Å²) in [6.07, 6.45) is 3.94. The summed E-state index contributed by atoms with van der Waals surface area (Å²) in [4.78, 5) is 8.60. The lowest BCUT2D eigenvalue weighted by Gasteiger charge is -1.95. The molecule has 8 heteroatoms. The van der Waals surface area contributed by atoms with Crippen molar-refractivity contribution in [3.8, 4) is 0 Å². The minimum absolute atomic E-state index is 0.714. The Bertz CT molecular complexity index is 385. The van der Waals surface area contributed by atoms with Crippen LogP contribution in [-0.4, -0.2) is 17.3 Å². The highest BCUT2D eigenvalue weighted by atomic mass is 35.5. The monoisotopic (exact) mass is 348 g/mol. The van der Waals surface area contributed by atoms with Crippen molar-refractivity contribution in [3.63, 3.8) is 0 Å². The van der Waals surface area contributed by atoms with Crippen LogP contribution in [0.1, 0.15) is 5.69 Å². The van der Waals surface area contributed by atoms with Crippen LogP contribution < -0.4 is 0 Å². The summed E-state index contributed by atoms with van der Waals surface area (Å²) in [5, 5.41) is 0. The minimum Gasteiger partial charge on any atom is -0.245 e. The first-order valence-electron chi connectivity index (χ1n) is 4.32. The molecule has 0 aromatic carbocycles. The first-order chi connectivity index (χ1) is 7.74. The van der Waals surface area contributed by atoms with Crippen LogP contribution in [-0.2, 0) is 6.42 Å². The first-order valence-corrected chi connectivity index (χ1v) is 7.09. The fourth-order valence-electron chi connectivity index (χ4n) is 0.767. The predicted molar refractivity (Wildman–Crippen MR) is 80.3 cm³/mol. The smallest absolute Gasteiger partial charge is 0.208 e. The summed E-state index contributed by atoms with van der Waals surface area (Å²) in [5.41, 5.74) is 0.954. The second-order valence-corrected chi connectivity index (χ2v) is 8.69. The Kier molecular flexibility index (Phi) is 5.76. The van der Waals surface area contributed by atoms with Gasteiger partial charge in [-0.05, 0) is 11.0 Å². The second kappa shape index (κ2) is 6.22. The molecule has 1 aromatic rings. The maximum Gasteiger partial charge on any atom is 0.208 e. The molecule has 1 aromatic heterocycles. The molecule has 0 bridgehead atoms. The van der Waals surface area contributed by atoms with Gasteiger partial charge in [0.15, 0.2) is 0 Å². The average molecular weight is 350 g/mol. The Morgan fingerprint density at radius 2 is 1.88 bits per heavy atom. The van der Waals surface area contributed by atoms with E-state index < -0.39 is 7.33 Å². The molecule has 0 radical (unpaired) electrons. The number of hydrogen-bond acceptors (Lipinski definition) is 4. The molecular formula is C9H8Cl4N2S2. The summed E-state index contributed by atoms with van der Waals surface area (Å²) < 4.78 is -1.92. The number of thioether (sulfide) groups is 1. The van der Waals surface area contributed by atoms with E-state index in [2.05, 4.69) is 29.2 Å². The quantitative estimate of drug-likeness (QED) is 0.485. The molecule has 0 atom stereocenters. The highest BCUT2D eigenvalue weighted by Gasteiger charge is 2.67. The maximum absolute atomic E-state index is 5.40. The molecule has 0 saturated carbocycles. The third-order valence-corrected chi connectivity index (χ3v) is 5.56. The van der Waals surface area contributed by atoms with E-state index in [0.717, 1.165) is 22.4 Å². The van der Waals surface area contributed by atoms with Crippen molar-refractivity contribution >= 4 is 70.8 Å². The zero-order chi connectivity index (χ0) is 13.1. The van der Waals surface area contributed by atoms with E-state index >= 15 is 0 Å². The van der Waals surface area contributed by atoms with Crippen molar-refractivity contribution in [1.29, 1.82) is 0 Å². The van der Waals surface area contributed by atoms with Crippen LogP contribution in [0.25, 0.3) is 0 Å². The summed E-state index contributed by atoms with van der Waals surface area (Å²) >= 11 is 26.8. The lowest BCUT2D eigenvalue weighted by molar-refractivity contribution is 1.04. The molecule has 17 heavy (non-hydrogen) atoms. The van der Waals surface area contributed by atoms with E-state index in [1.165, 1.54) is 6.33 Å². The molecule has 1 aliphatic rings. The minimum atomic E-state index is -0.962. The third-order valence-electron chi connectivity index (χ3n) is 1.58. The number of thiol groups is 1. The second-order valence-electron chi connectivity index (χ2n) is 3.08. The summed E-state index contributed by atoms with van der Waals surface area (Å²) in [5.74, 6) is 0. The summed E-state index contributed by atoms with van der Waals surface area (Å²) in [6, 6.07) is 1.85. The molecule has 0 unspecified atom stereocenters. The normalized spacial score (nSPS) is 18.9. The Morgan fingerprint density at radius 3 is 2.18 bits per heavy atom. The largest absolute Gasteiger partial charge is 0.245 e. The first kappa shape index (κ1) is 15.7. The zero-order valence-electron chi connectivity index (χ0n) is 8.41. The molecule has 2 heterocycles. The van der Waals surface area contributed by atoms with Crippen LogP contribution in [0, 0.1) is 0 Å². The Morgan fingerprint density at radius 1 is 1.35 bits per heavy atom. The fraction of sp³-hybridized carbons (Fsp3) is 0.333. The van der Waals surface area contributed by atoms with Gasteiger partial charge in [-0.15, -0.1) is 12.6 Å². The van der Waals surface area contributed by atoms with Gasteiger partial charge in [-0.3, -0.25) is 0 Å². The molecule has 0 N–H and O–H groups in total. The molecule has 0 spiro atoms. The molecule has 2 nitrogen and oxygen atoms in total. The van der Waals surface area contributed by atoms with Crippen LogP contribution in [0.15, 0.2) is 30.1 Å². The van der Waals surface area contributed by atoms with Crippen LogP contribution in [0.4, 0.5) is 0 Å². The van der Waals surface area contributed by atoms with Crippen molar-refractivity contribution in [1.82, 2.24) is 9.97 Å². The fourth-order valence-corrected chi connectivity index (χ4v) is 3.06. The molecule has 1 saturated heterocycles. The van der Waals surface area contributed by atoms with Gasteiger partial charge in [-0.25, -0.2) is 9.97 Å². The van der Waals surface area contributed by atoms with Crippen molar-refractivity contribution < 1.29 is 0 Å². The number of halogens is 4. The van der Waals surface area contributed by atoms with Crippen molar-refractivity contribution in [2.24, 2.45) is 0 Å². The van der Waals surface area contributed by atoms with Gasteiger partial charge in [0.1, 0.15) is 6.33 Å². The third kappa shape index (κ3) is 5.45. The highest BCUT2D eigenvalue weighted by molar-refractivity contribution is 8.16. The van der Waals surface area contributed by atoms with E-state index in [9.17, 15) is 0 Å². The van der Waals surface area contributed by atoms with Crippen LogP contribution >= 0.6 is 70.8 Å². The van der Waals surface area contributed by atoms with Gasteiger partial charge in [0, 0.05) is 18.3 Å². The molecule has 2 rings (SSSR count). The van der Waals surface area contributed by atoms with Gasteiger partial charge < -0.3 is 0 Å². The molecular weight excluding hydrogens is 342 g/mol. The molecule has 0 amide bonds. The summed E-state index contributed by atoms with van der Waals surface area (Å²) in [7, 11) is 0. The summed E-state index contributed by atoms with van der Waals surface area (Å²) in [6.45, 7) is 3.65. The number of aromatic nitrogens is 2. The SMILES string of the molecule is C=C(S)Cc1ccncn1.ClC1(Cl)SC1(Cl)Cl. The number of rotatable bonds is 2. The molecule has 1 fully saturated rings. The van der Waals surface area contributed by atoms with E-state index in [0.29, 0.717) is 6.42 Å². The molecule has 0 aliphatic carbocycles. The Balaban J connectivity index is 0.000000181. The van der Waals surface area contributed by atoms with Crippen molar-refractivity contribution in [2.75, 3.05) is 0 Å². The van der Waals surface area contributed by atoms with Gasteiger partial charge in [0.2, 0.25) is 7.33 Å². The Labute approximate surface area is 129 Å². The van der Waals surface area contributed by atoms with E-state index in [1.54, 1.807) is 6.20 Å². The predicted octanol–water partition coefficient (Wildman–Crippen LogP) is 4.46. The zero-order valence-corrected chi connectivity index (χ0v) is 13.1. The number of hydrogen-bond donors (Lipinski definition) is 1. The van der Waals surface area contributed by atoms with Crippen LogP contribution in [0.3, 0.4) is 0 Å². The van der Waals surface area contributed by atoms with E-state index in [4.69, 9.17) is 46.4 Å². The van der Waals surface area contributed by atoms with E-state index in [1.807, 2.05) is 6.07 Å². The molecule has 94 valence electrons. The van der Waals surface area contributed by atoms with Gasteiger partial charge in [0.05, 0.1) is 0 Å². The number of alkyl halides is 4. The van der Waals surface area contributed by atoms with Crippen LogP contribution in [0.5, 0.6) is 0 Å². The van der Waals surface area contributed by atoms with Crippen molar-refractivity contribution in [3.05, 3.63) is 35.8 Å². The number of allylic oxidation sites excluding steroid dienone is 1. The van der Waals surface area contributed by atoms with Gasteiger partial charge in [0.25, 0.3) is 0 Å². The molecule has 1 aliphatic heterocycles. The lowest BCUT2D eigenvalue weighted by Crippen LogP contribution is -1.96. The van der Waals surface area contributed by atoms with Gasteiger partial charge >= 0.3 is 0 Å². The Hall–Kier alpha value is 0.680.